The highest BCUT2D eigenvalue weighted by molar-refractivity contribution is 7.91. The highest BCUT2D eigenvalue weighted by Crippen LogP contribution is 2.45. The van der Waals surface area contributed by atoms with Crippen molar-refractivity contribution in [3.63, 3.8) is 0 Å². The van der Waals surface area contributed by atoms with E-state index in [4.69, 9.17) is 34.2 Å². The first-order valence-electron chi connectivity index (χ1n) is 44.2. The second kappa shape index (κ2) is 41.6. The molecule has 9 N–H and O–H groups in total. The number of nitrogens with two attached hydrogens (primary N) is 2. The van der Waals surface area contributed by atoms with Crippen LogP contribution in [0, 0.1) is 26.7 Å². The molecule has 784 valence electrons. The van der Waals surface area contributed by atoms with Crippen LogP contribution in [0.15, 0.2) is 189 Å². The number of rotatable bonds is 25. The first-order valence-corrected chi connectivity index (χ1v) is 57.1. The van der Waals surface area contributed by atoms with Crippen molar-refractivity contribution in [2.45, 2.75) is 124 Å². The third kappa shape index (κ3) is 24.5. The summed E-state index contributed by atoms with van der Waals surface area (Å²) in [6.07, 6.45) is -6.38. The Kier molecular flexibility index (Phi) is 30.2. The van der Waals surface area contributed by atoms with Gasteiger partial charge in [0.05, 0.1) is 166 Å². The monoisotopic (exact) mass is 2240 g/mol. The van der Waals surface area contributed by atoms with Gasteiger partial charge in [0.15, 0.2) is 55.2 Å². The lowest BCUT2D eigenvalue weighted by Gasteiger charge is -2.15. The Balaban J connectivity index is 0.000000133. The summed E-state index contributed by atoms with van der Waals surface area (Å²) in [5, 5.41) is 28.6. The summed E-state index contributed by atoms with van der Waals surface area (Å²) in [5.74, 6) is 3.56. The minimum Gasteiger partial charge on any atom is -0.495 e. The van der Waals surface area contributed by atoms with Gasteiger partial charge in [-0.05, 0) is 198 Å². The number of anilines is 10. The largest absolute Gasteiger partial charge is 0.495 e. The molecule has 10 aromatic carbocycles. The predicted octanol–water partition coefficient (Wildman–Crippen LogP) is 21.2. The highest BCUT2D eigenvalue weighted by Gasteiger charge is 2.35. The molecule has 36 nitrogen and oxygen atoms in total. The first-order chi connectivity index (χ1) is 69.8. The Morgan fingerprint density at radius 3 is 1.02 bits per heavy atom. The summed E-state index contributed by atoms with van der Waals surface area (Å²) in [4.78, 5) is 44.7. The zero-order valence-corrected chi connectivity index (χ0v) is 89.3. The number of benzene rings is 10. The number of thiazole rings is 5. The maximum Gasteiger partial charge on any atom is 0.406 e. The number of sulfonamides is 2. The molecule has 0 aliphatic rings. The summed E-state index contributed by atoms with van der Waals surface area (Å²) in [6, 6.07) is 40.7. The number of aromatic nitrogens is 15. The van der Waals surface area contributed by atoms with Gasteiger partial charge in [-0.3, -0.25) is 0 Å². The van der Waals surface area contributed by atoms with Crippen molar-refractivity contribution >= 4 is 267 Å². The van der Waals surface area contributed by atoms with Crippen LogP contribution in [-0.2, 0) is 89.7 Å². The van der Waals surface area contributed by atoms with Crippen LogP contribution in [0.4, 0.5) is 93.6 Å². The number of imidazole rings is 5. The van der Waals surface area contributed by atoms with Gasteiger partial charge in [-0.1, -0.05) is 76.6 Å². The van der Waals surface area contributed by atoms with Crippen molar-refractivity contribution in [2.75, 3.05) is 66.7 Å². The molecule has 20 rings (SSSR count). The lowest BCUT2D eigenvalue weighted by atomic mass is 10.0. The van der Waals surface area contributed by atoms with E-state index in [1.54, 1.807) is 80.2 Å². The molecule has 0 saturated carbocycles. The van der Waals surface area contributed by atoms with Crippen LogP contribution in [0.25, 0.3) is 106 Å². The van der Waals surface area contributed by atoms with Crippen molar-refractivity contribution in [1.82, 2.24) is 72.7 Å². The Labute approximate surface area is 864 Å². The molecule has 0 aliphatic carbocycles. The fourth-order valence-electron chi connectivity index (χ4n) is 16.0. The van der Waals surface area contributed by atoms with Crippen molar-refractivity contribution in [1.29, 1.82) is 0 Å². The van der Waals surface area contributed by atoms with Crippen molar-refractivity contribution in [2.24, 2.45) is 30.3 Å². The molecule has 0 saturated heterocycles. The number of sulfone groups is 3. The van der Waals surface area contributed by atoms with E-state index in [1.807, 2.05) is 82.1 Å². The van der Waals surface area contributed by atoms with Crippen LogP contribution in [0.3, 0.4) is 0 Å². The number of ether oxygens (including phenoxy) is 4. The van der Waals surface area contributed by atoms with E-state index in [-0.39, 0.29) is 47.7 Å². The van der Waals surface area contributed by atoms with Crippen molar-refractivity contribution in [3.8, 4) is 23.0 Å². The molecule has 0 bridgehead atoms. The van der Waals surface area contributed by atoms with Crippen molar-refractivity contribution < 1.29 is 101 Å². The molecule has 20 aromatic rings. The molecule has 0 unspecified atom stereocenters. The second-order valence-corrected chi connectivity index (χ2v) is 49.0. The van der Waals surface area contributed by atoms with Gasteiger partial charge in [-0.15, -0.1) is 0 Å². The normalized spacial score (nSPS) is 12.5. The molecular weight excluding hydrogens is 2150 g/mol. The fourth-order valence-corrected chi connectivity index (χ4v) is 23.4. The number of nitrogens with one attached hydrogen (secondary N) is 5. The van der Waals surface area contributed by atoms with Gasteiger partial charge in [-0.2, -0.15) is 39.5 Å². The summed E-state index contributed by atoms with van der Waals surface area (Å²) in [5.41, 5.74) is 11.9. The second-order valence-electron chi connectivity index (χ2n) is 34.6. The van der Waals surface area contributed by atoms with Crippen LogP contribution >= 0.6 is 56.7 Å². The fraction of sp³-hybridized carbons (Fsp3) is 0.255. The lowest BCUT2D eigenvalue weighted by Crippen LogP contribution is -2.18. The lowest BCUT2D eigenvalue weighted by molar-refractivity contribution is -0.141. The van der Waals surface area contributed by atoms with Gasteiger partial charge in [0.25, 0.3) is 0 Å². The van der Waals surface area contributed by atoms with E-state index < -0.39 is 87.7 Å². The topological polar surface area (TPSA) is 473 Å². The number of fused-ring (bicyclic) bond motifs is 15. The minimum absolute atomic E-state index is 0.0424. The zero-order valence-electron chi connectivity index (χ0n) is 81.1. The smallest absolute Gasteiger partial charge is 0.406 e. The third-order valence-electron chi connectivity index (χ3n) is 22.6. The SMILES string of the molecule is CC(C)Cc1ccc(S(N)(=O)=O)cc1Nc1nc2c(ccc3ncn(CC(F)(F)F)c32)s1.COc1ccc(S(C)(=O)=O)cc1Nc1nc2c(ccc3nc(C)n(C)c32)s1.COc1ccc(S(C)(=O)=O)cc1Nc1nc2c(ccc3nc(C)n(CC(F)(F)F)c32)s1.COc1ccc(S(C)(=O)=O)cc1Nc1nc2c(ccc3ncn(C)c32)s1.Cc1nc2ccc3sc(Nc4cc(S(N)(=O)=O)ccc4OC(C)C)nc3c2n1CC(F)(F)F. The number of nitrogens with zero attached hydrogens (tertiary/aromatic N) is 15. The van der Waals surface area contributed by atoms with Gasteiger partial charge < -0.3 is 68.4 Å². The number of hydrogen-bond donors (Lipinski definition) is 7. The maximum atomic E-state index is 13.2. The molecule has 149 heavy (non-hydrogen) atoms. The highest BCUT2D eigenvalue weighted by atomic mass is 32.2. The van der Waals surface area contributed by atoms with E-state index in [2.05, 4.69) is 71.4 Å². The Morgan fingerprint density at radius 1 is 0.356 bits per heavy atom. The van der Waals surface area contributed by atoms with Gasteiger partial charge in [0.2, 0.25) is 20.0 Å². The average molecular weight is 2240 g/mol. The Bertz CT molecular complexity index is 9250. The zero-order chi connectivity index (χ0) is 108. The molecule has 0 amide bonds. The van der Waals surface area contributed by atoms with E-state index in [1.165, 1.54) is 158 Å². The molecule has 10 heterocycles. The third-order valence-corrected chi connectivity index (χ3v) is 32.4. The summed E-state index contributed by atoms with van der Waals surface area (Å²) in [7, 11) is -9.54. The molecule has 10 aromatic heterocycles. The average Bonchev–Trinajstić information content (AvgIpc) is 1.60. The van der Waals surface area contributed by atoms with Crippen LogP contribution in [-0.4, -0.2) is 179 Å². The van der Waals surface area contributed by atoms with E-state index >= 15 is 0 Å². The Morgan fingerprint density at radius 2 is 0.658 bits per heavy atom. The van der Waals surface area contributed by atoms with Gasteiger partial charge in [-0.25, -0.2) is 102 Å². The molecule has 55 heteroatoms. The predicted molar refractivity (Wildman–Crippen MR) is 564 cm³/mol. The molecule has 0 radical (unpaired) electrons. The van der Waals surface area contributed by atoms with Crippen LogP contribution in [0.1, 0.15) is 50.7 Å². The number of aryl methyl sites for hydroxylation is 5. The van der Waals surface area contributed by atoms with E-state index in [0.717, 1.165) is 80.2 Å². The molecule has 0 aliphatic heterocycles. The van der Waals surface area contributed by atoms with Gasteiger partial charge >= 0.3 is 18.5 Å². The number of alkyl halides is 9. The molecule has 0 fully saturated rings. The van der Waals surface area contributed by atoms with E-state index in [9.17, 15) is 81.6 Å². The summed E-state index contributed by atoms with van der Waals surface area (Å²) < 4.78 is 269. The van der Waals surface area contributed by atoms with Crippen LogP contribution < -0.4 is 55.8 Å². The van der Waals surface area contributed by atoms with Crippen LogP contribution in [0.2, 0.25) is 0 Å². The standard InChI is InChI=1S/C20H20F3N5O3S2.C20H20F3N5O2S2.C19H17F3N4O3S2.C18H18N4O3S2.C17H16N4O3S2/c1-10(2)31-15-6-4-12(33(24,29)30)8-14(15)26-19-27-17-16(32-19)7-5-13-18(17)28(11(3)25-13)9-20(21,22)23;1-11(2)7-12-3-4-13(32(24,29)30)8-15(12)26-19-27-17-16(31-19)6-5-14-18(17)28(10-25-14)9-20(21,22)23;1-10-23-12-5-7-15-16(17(12)26(10)9-19(20,21)22)25-18(30-15)24-13-8-11(31(3,27)28)4-6-14(13)29-2;1-10-19-12-6-8-15-16(17(12)22(10)2)21-18(26-15)20-13-9-11(27(4,23)24)5-7-14(13)25-3;1-21-9-18-11-5-7-14-15(16(11)21)20-17(25-14)19-12-8-10(26(3,22)23)4-6-13(12)24-2/h4-8,10H,9H2,1-3H3,(H,26,27)(H2,24,29,30);3-6,8,10-11H,7,9H2,1-2H3,(H,26,27)(H2,24,29,30);4-8H,9H2,1-3H3,(H,24,25);5-9H,1-4H3,(H,20,21);4-9H,1-3H3,(H,19,20). The molecule has 0 spiro atoms. The van der Waals surface area contributed by atoms with E-state index in [0.29, 0.717) is 148 Å². The number of methoxy groups -OCH3 is 3. The molecular formula is C94H91F9N22O14S10. The number of halogens is 9. The minimum atomic E-state index is -4.42. The van der Waals surface area contributed by atoms with Gasteiger partial charge in [0, 0.05) is 38.6 Å². The summed E-state index contributed by atoms with van der Waals surface area (Å²) in [6.45, 7) is 9.17. The van der Waals surface area contributed by atoms with Gasteiger partial charge in [0.1, 0.15) is 87.7 Å². The van der Waals surface area contributed by atoms with Crippen LogP contribution in [0.5, 0.6) is 23.0 Å². The number of primary sulfonamides is 2. The molecule has 0 atom stereocenters. The summed E-state index contributed by atoms with van der Waals surface area (Å²) >= 11 is 6.65. The quantitative estimate of drug-likeness (QED) is 0.0261. The first kappa shape index (κ1) is 108. The maximum absolute atomic E-state index is 13.2. The Hall–Kier alpha value is -13.8. The van der Waals surface area contributed by atoms with Crippen molar-refractivity contribution in [3.05, 3.63) is 187 Å². The number of hydrogen-bond acceptors (Lipinski definition) is 34.